The smallest absolute Gasteiger partial charge is 0.192 e. The summed E-state index contributed by atoms with van der Waals surface area (Å²) in [4.78, 5) is 6.64. The third-order valence-corrected chi connectivity index (χ3v) is 4.09. The molecular formula is C17H19N5O. The standard InChI is InChI=1S/C17H19N5O/c1-12-19-15-11-13(2-4-16(15)23-12)10-14-3-5-17(21-20-14)22-8-6-18-7-9-22/h2-5,11,18H,6-10H2,1H3. The molecule has 1 aliphatic rings. The van der Waals surface area contributed by atoms with Crippen LogP contribution in [0.1, 0.15) is 17.1 Å². The number of anilines is 1. The zero-order valence-electron chi connectivity index (χ0n) is 13.1. The van der Waals surface area contributed by atoms with Crippen LogP contribution in [-0.4, -0.2) is 41.4 Å². The highest BCUT2D eigenvalue weighted by atomic mass is 16.3. The van der Waals surface area contributed by atoms with Crippen LogP contribution in [0.25, 0.3) is 11.1 Å². The van der Waals surface area contributed by atoms with Crippen molar-refractivity contribution in [3.8, 4) is 0 Å². The highest BCUT2D eigenvalue weighted by molar-refractivity contribution is 5.73. The van der Waals surface area contributed by atoms with Crippen molar-refractivity contribution in [3.05, 3.63) is 47.5 Å². The first-order valence-corrected chi connectivity index (χ1v) is 7.92. The number of hydrogen-bond donors (Lipinski definition) is 1. The molecule has 3 heterocycles. The van der Waals surface area contributed by atoms with Crippen LogP contribution >= 0.6 is 0 Å². The molecule has 1 fully saturated rings. The van der Waals surface area contributed by atoms with E-state index >= 15 is 0 Å². The van der Waals surface area contributed by atoms with Crippen molar-refractivity contribution in [2.24, 2.45) is 0 Å². The van der Waals surface area contributed by atoms with Gasteiger partial charge in [0, 0.05) is 39.5 Å². The lowest BCUT2D eigenvalue weighted by Gasteiger charge is -2.27. The van der Waals surface area contributed by atoms with Crippen molar-refractivity contribution in [2.45, 2.75) is 13.3 Å². The molecule has 3 aromatic rings. The van der Waals surface area contributed by atoms with Gasteiger partial charge in [-0.15, -0.1) is 5.10 Å². The van der Waals surface area contributed by atoms with E-state index in [0.29, 0.717) is 5.89 Å². The Balaban J connectivity index is 1.50. The van der Waals surface area contributed by atoms with E-state index in [1.54, 1.807) is 0 Å². The second-order valence-corrected chi connectivity index (χ2v) is 5.83. The fraction of sp³-hybridized carbons (Fsp3) is 0.353. The van der Waals surface area contributed by atoms with Crippen molar-refractivity contribution in [1.29, 1.82) is 0 Å². The Morgan fingerprint density at radius 2 is 2.00 bits per heavy atom. The zero-order chi connectivity index (χ0) is 15.6. The molecule has 1 saturated heterocycles. The Kier molecular flexibility index (Phi) is 3.67. The zero-order valence-corrected chi connectivity index (χ0v) is 13.1. The molecule has 1 N–H and O–H groups in total. The van der Waals surface area contributed by atoms with E-state index in [2.05, 4.69) is 49.7 Å². The summed E-state index contributed by atoms with van der Waals surface area (Å²) in [6, 6.07) is 10.2. The van der Waals surface area contributed by atoms with Crippen molar-refractivity contribution in [3.63, 3.8) is 0 Å². The third-order valence-electron chi connectivity index (χ3n) is 4.09. The van der Waals surface area contributed by atoms with Gasteiger partial charge in [-0.1, -0.05) is 6.07 Å². The Bertz CT molecular complexity index is 805. The fourth-order valence-corrected chi connectivity index (χ4v) is 2.92. The van der Waals surface area contributed by atoms with Gasteiger partial charge in [0.15, 0.2) is 17.3 Å². The van der Waals surface area contributed by atoms with Crippen molar-refractivity contribution >= 4 is 16.9 Å². The maximum atomic E-state index is 5.51. The summed E-state index contributed by atoms with van der Waals surface area (Å²) in [5.41, 5.74) is 3.84. The summed E-state index contributed by atoms with van der Waals surface area (Å²) in [6.07, 6.45) is 0.747. The molecule has 118 valence electrons. The number of hydrogen-bond acceptors (Lipinski definition) is 6. The normalized spacial score (nSPS) is 15.3. The minimum Gasteiger partial charge on any atom is -0.441 e. The Labute approximate surface area is 134 Å². The van der Waals surface area contributed by atoms with Gasteiger partial charge < -0.3 is 14.6 Å². The number of nitrogens with zero attached hydrogens (tertiary/aromatic N) is 4. The SMILES string of the molecule is Cc1nc2cc(Cc3ccc(N4CCNCC4)nn3)ccc2o1. The molecule has 23 heavy (non-hydrogen) atoms. The second kappa shape index (κ2) is 5.96. The molecular weight excluding hydrogens is 290 g/mol. The summed E-state index contributed by atoms with van der Waals surface area (Å²) in [6.45, 7) is 5.83. The van der Waals surface area contributed by atoms with Gasteiger partial charge in [-0.05, 0) is 29.8 Å². The fourth-order valence-electron chi connectivity index (χ4n) is 2.92. The quantitative estimate of drug-likeness (QED) is 0.797. The Hall–Kier alpha value is -2.47. The molecule has 0 unspecified atom stereocenters. The molecule has 0 atom stereocenters. The molecule has 1 aromatic carbocycles. The first-order valence-electron chi connectivity index (χ1n) is 7.92. The molecule has 0 saturated carbocycles. The van der Waals surface area contributed by atoms with Gasteiger partial charge >= 0.3 is 0 Å². The van der Waals surface area contributed by atoms with E-state index in [1.807, 2.05) is 13.0 Å². The van der Waals surface area contributed by atoms with Crippen LogP contribution in [0.15, 0.2) is 34.7 Å². The van der Waals surface area contributed by atoms with Crippen LogP contribution in [0.5, 0.6) is 0 Å². The Morgan fingerprint density at radius 1 is 1.13 bits per heavy atom. The van der Waals surface area contributed by atoms with Crippen molar-refractivity contribution < 1.29 is 4.42 Å². The highest BCUT2D eigenvalue weighted by Crippen LogP contribution is 2.19. The third kappa shape index (κ3) is 3.03. The van der Waals surface area contributed by atoms with Gasteiger partial charge in [-0.25, -0.2) is 4.98 Å². The van der Waals surface area contributed by atoms with Gasteiger partial charge in [0.1, 0.15) is 5.52 Å². The molecule has 6 heteroatoms. The van der Waals surface area contributed by atoms with E-state index < -0.39 is 0 Å². The number of rotatable bonds is 3. The minimum absolute atomic E-state index is 0.692. The van der Waals surface area contributed by atoms with Crippen LogP contribution in [0, 0.1) is 6.92 Å². The van der Waals surface area contributed by atoms with E-state index in [-0.39, 0.29) is 0 Å². The number of nitrogens with one attached hydrogen (secondary N) is 1. The molecule has 0 radical (unpaired) electrons. The number of fused-ring (bicyclic) bond motifs is 1. The molecule has 0 bridgehead atoms. The maximum Gasteiger partial charge on any atom is 0.192 e. The summed E-state index contributed by atoms with van der Waals surface area (Å²) in [5, 5.41) is 12.1. The molecule has 0 amide bonds. The molecule has 6 nitrogen and oxygen atoms in total. The molecule has 0 spiro atoms. The van der Waals surface area contributed by atoms with E-state index in [9.17, 15) is 0 Å². The van der Waals surface area contributed by atoms with Gasteiger partial charge in [-0.3, -0.25) is 0 Å². The van der Waals surface area contributed by atoms with E-state index in [1.165, 1.54) is 0 Å². The summed E-state index contributed by atoms with van der Waals surface area (Å²) in [5.74, 6) is 1.65. The predicted molar refractivity (Wildman–Crippen MR) is 88.7 cm³/mol. The first-order chi connectivity index (χ1) is 11.3. The van der Waals surface area contributed by atoms with Crippen LogP contribution in [-0.2, 0) is 6.42 Å². The van der Waals surface area contributed by atoms with Gasteiger partial charge in [0.25, 0.3) is 0 Å². The number of benzene rings is 1. The Morgan fingerprint density at radius 3 is 2.78 bits per heavy atom. The number of aromatic nitrogens is 3. The lowest BCUT2D eigenvalue weighted by molar-refractivity contribution is 0.561. The molecule has 1 aliphatic heterocycles. The van der Waals surface area contributed by atoms with Crippen LogP contribution in [0.2, 0.25) is 0 Å². The summed E-state index contributed by atoms with van der Waals surface area (Å²) < 4.78 is 5.51. The van der Waals surface area contributed by atoms with Crippen LogP contribution in [0.3, 0.4) is 0 Å². The molecule has 0 aliphatic carbocycles. The number of piperazine rings is 1. The minimum atomic E-state index is 0.692. The van der Waals surface area contributed by atoms with Crippen LogP contribution < -0.4 is 10.2 Å². The molecule has 4 rings (SSSR count). The lowest BCUT2D eigenvalue weighted by atomic mass is 10.1. The highest BCUT2D eigenvalue weighted by Gasteiger charge is 2.12. The average molecular weight is 309 g/mol. The van der Waals surface area contributed by atoms with E-state index in [0.717, 1.165) is 60.8 Å². The lowest BCUT2D eigenvalue weighted by Crippen LogP contribution is -2.44. The molecule has 2 aromatic heterocycles. The summed E-state index contributed by atoms with van der Waals surface area (Å²) in [7, 11) is 0. The monoisotopic (exact) mass is 309 g/mol. The number of aryl methyl sites for hydroxylation is 1. The van der Waals surface area contributed by atoms with E-state index in [4.69, 9.17) is 4.42 Å². The average Bonchev–Trinajstić information content (AvgIpc) is 2.96. The van der Waals surface area contributed by atoms with Crippen molar-refractivity contribution in [1.82, 2.24) is 20.5 Å². The van der Waals surface area contributed by atoms with Gasteiger partial charge in [0.05, 0.1) is 5.69 Å². The second-order valence-electron chi connectivity index (χ2n) is 5.83. The first kappa shape index (κ1) is 14.1. The largest absolute Gasteiger partial charge is 0.441 e. The summed E-state index contributed by atoms with van der Waals surface area (Å²) >= 11 is 0. The van der Waals surface area contributed by atoms with Gasteiger partial charge in [-0.2, -0.15) is 5.10 Å². The predicted octanol–water partition coefficient (Wildman–Crippen LogP) is 1.93. The number of oxazole rings is 1. The van der Waals surface area contributed by atoms with Crippen LogP contribution in [0.4, 0.5) is 5.82 Å². The topological polar surface area (TPSA) is 67.1 Å². The van der Waals surface area contributed by atoms with Gasteiger partial charge in [0.2, 0.25) is 0 Å². The maximum absolute atomic E-state index is 5.51. The van der Waals surface area contributed by atoms with Crippen molar-refractivity contribution in [2.75, 3.05) is 31.1 Å².